The van der Waals surface area contributed by atoms with Gasteiger partial charge in [-0.3, -0.25) is 4.40 Å². The SMILES string of the molecule is COc1cccc(-c2csc(Cn3nc4ccccn4c3=O)n2)c1. The van der Waals surface area contributed by atoms with Crippen LogP contribution >= 0.6 is 11.3 Å². The lowest BCUT2D eigenvalue weighted by Gasteiger charge is -2.01. The van der Waals surface area contributed by atoms with E-state index in [1.165, 1.54) is 20.4 Å². The Bertz CT molecular complexity index is 1060. The van der Waals surface area contributed by atoms with E-state index in [2.05, 4.69) is 10.1 Å². The quantitative estimate of drug-likeness (QED) is 0.574. The van der Waals surface area contributed by atoms with Crippen LogP contribution in [0.3, 0.4) is 0 Å². The Morgan fingerprint density at radius 1 is 1.21 bits per heavy atom. The van der Waals surface area contributed by atoms with Gasteiger partial charge in [-0.25, -0.2) is 14.5 Å². The molecule has 7 heteroatoms. The highest BCUT2D eigenvalue weighted by molar-refractivity contribution is 7.09. The molecule has 3 aromatic heterocycles. The molecule has 0 atom stereocenters. The molecule has 1 aromatic carbocycles. The van der Waals surface area contributed by atoms with Crippen molar-refractivity contribution < 1.29 is 4.74 Å². The van der Waals surface area contributed by atoms with Crippen LogP contribution in [-0.4, -0.2) is 26.3 Å². The molecule has 0 aliphatic rings. The van der Waals surface area contributed by atoms with Gasteiger partial charge in [0.05, 0.1) is 19.3 Å². The second-order valence-electron chi connectivity index (χ2n) is 5.23. The van der Waals surface area contributed by atoms with E-state index in [0.29, 0.717) is 12.2 Å². The smallest absolute Gasteiger partial charge is 0.350 e. The minimum Gasteiger partial charge on any atom is -0.497 e. The van der Waals surface area contributed by atoms with E-state index in [9.17, 15) is 4.79 Å². The molecule has 0 spiro atoms. The van der Waals surface area contributed by atoms with Crippen LogP contribution in [0.25, 0.3) is 16.9 Å². The summed E-state index contributed by atoms with van der Waals surface area (Å²) in [6.45, 7) is 0.356. The van der Waals surface area contributed by atoms with Crippen LogP contribution in [0.15, 0.2) is 58.8 Å². The Morgan fingerprint density at radius 2 is 2.12 bits per heavy atom. The van der Waals surface area contributed by atoms with Crippen LogP contribution in [0, 0.1) is 0 Å². The fourth-order valence-electron chi connectivity index (χ4n) is 2.50. The Kier molecular flexibility index (Phi) is 3.62. The molecule has 0 fully saturated rings. The molecule has 0 aliphatic heterocycles. The molecule has 0 aliphatic carbocycles. The first-order chi connectivity index (χ1) is 11.7. The standard InChI is InChI=1S/C17H14N4O2S/c1-23-13-6-4-5-12(9-13)14-11-24-16(18-14)10-21-17(22)20-8-3-2-7-15(20)19-21/h2-9,11H,10H2,1H3. The van der Waals surface area contributed by atoms with Gasteiger partial charge in [-0.2, -0.15) is 0 Å². The molecule has 6 nitrogen and oxygen atoms in total. The molecule has 4 aromatic rings. The van der Waals surface area contributed by atoms with Crippen LogP contribution < -0.4 is 10.4 Å². The van der Waals surface area contributed by atoms with E-state index in [4.69, 9.17) is 4.74 Å². The maximum absolute atomic E-state index is 12.3. The normalized spacial score (nSPS) is 11.0. The summed E-state index contributed by atoms with van der Waals surface area (Å²) in [6, 6.07) is 13.2. The van der Waals surface area contributed by atoms with Gasteiger partial charge in [0.15, 0.2) is 5.65 Å². The molecule has 0 saturated heterocycles. The average molecular weight is 338 g/mol. The second-order valence-corrected chi connectivity index (χ2v) is 6.17. The summed E-state index contributed by atoms with van der Waals surface area (Å²) in [4.78, 5) is 16.9. The van der Waals surface area contributed by atoms with Crippen molar-refractivity contribution in [2.75, 3.05) is 7.11 Å². The first kappa shape index (κ1) is 14.6. The number of methoxy groups -OCH3 is 1. The third-order valence-electron chi connectivity index (χ3n) is 3.69. The molecular formula is C17H14N4O2S. The number of benzene rings is 1. The largest absolute Gasteiger partial charge is 0.497 e. The predicted octanol–water partition coefficient (Wildman–Crippen LogP) is 2.68. The second kappa shape index (κ2) is 5.93. The van der Waals surface area contributed by atoms with Crippen LogP contribution in [0.1, 0.15) is 5.01 Å². The Morgan fingerprint density at radius 3 is 2.96 bits per heavy atom. The van der Waals surface area contributed by atoms with Crippen LogP contribution in [0.4, 0.5) is 0 Å². The number of ether oxygens (including phenoxy) is 1. The molecular weight excluding hydrogens is 324 g/mol. The summed E-state index contributed by atoms with van der Waals surface area (Å²) in [7, 11) is 1.64. The number of hydrogen-bond acceptors (Lipinski definition) is 5. The topological polar surface area (TPSA) is 61.4 Å². The molecule has 0 radical (unpaired) electrons. The minimum absolute atomic E-state index is 0.163. The van der Waals surface area contributed by atoms with Crippen molar-refractivity contribution >= 4 is 17.0 Å². The summed E-state index contributed by atoms with van der Waals surface area (Å²) >= 11 is 1.51. The van der Waals surface area contributed by atoms with E-state index < -0.39 is 0 Å². The zero-order valence-electron chi connectivity index (χ0n) is 12.9. The third kappa shape index (κ3) is 2.59. The van der Waals surface area contributed by atoms with Crippen molar-refractivity contribution in [1.29, 1.82) is 0 Å². The van der Waals surface area contributed by atoms with Crippen molar-refractivity contribution in [2.24, 2.45) is 0 Å². The fourth-order valence-corrected chi connectivity index (χ4v) is 3.28. The Hall–Kier alpha value is -2.93. The van der Waals surface area contributed by atoms with Crippen LogP contribution in [-0.2, 0) is 6.54 Å². The molecule has 0 saturated carbocycles. The van der Waals surface area contributed by atoms with Crippen molar-refractivity contribution in [3.8, 4) is 17.0 Å². The summed E-state index contributed by atoms with van der Waals surface area (Å²) in [5.74, 6) is 0.790. The van der Waals surface area contributed by atoms with Gasteiger partial charge in [0, 0.05) is 17.1 Å². The molecule has 0 unspecified atom stereocenters. The highest BCUT2D eigenvalue weighted by atomic mass is 32.1. The number of aromatic nitrogens is 4. The fraction of sp³-hybridized carbons (Fsp3) is 0.118. The monoisotopic (exact) mass is 338 g/mol. The van der Waals surface area contributed by atoms with E-state index in [1.807, 2.05) is 41.8 Å². The molecule has 4 rings (SSSR count). The molecule has 24 heavy (non-hydrogen) atoms. The van der Waals surface area contributed by atoms with Gasteiger partial charge in [0.1, 0.15) is 10.8 Å². The lowest BCUT2D eigenvalue weighted by Crippen LogP contribution is -2.21. The van der Waals surface area contributed by atoms with E-state index >= 15 is 0 Å². The van der Waals surface area contributed by atoms with E-state index in [-0.39, 0.29) is 5.69 Å². The van der Waals surface area contributed by atoms with Gasteiger partial charge in [0.25, 0.3) is 0 Å². The maximum Gasteiger partial charge on any atom is 0.350 e. The number of rotatable bonds is 4. The predicted molar refractivity (Wildman–Crippen MR) is 92.7 cm³/mol. The van der Waals surface area contributed by atoms with Gasteiger partial charge >= 0.3 is 5.69 Å². The first-order valence-corrected chi connectivity index (χ1v) is 8.25. The number of hydrogen-bond donors (Lipinski definition) is 0. The number of fused-ring (bicyclic) bond motifs is 1. The zero-order valence-corrected chi connectivity index (χ0v) is 13.7. The summed E-state index contributed by atoms with van der Waals surface area (Å²) in [6.07, 6.45) is 1.71. The van der Waals surface area contributed by atoms with Crippen molar-refractivity contribution in [3.05, 3.63) is 69.5 Å². The van der Waals surface area contributed by atoms with Gasteiger partial charge in [-0.05, 0) is 24.3 Å². The lowest BCUT2D eigenvalue weighted by atomic mass is 10.2. The molecule has 0 bridgehead atoms. The minimum atomic E-state index is -0.163. The third-order valence-corrected chi connectivity index (χ3v) is 4.52. The zero-order chi connectivity index (χ0) is 16.5. The van der Waals surface area contributed by atoms with Gasteiger partial charge in [0.2, 0.25) is 0 Å². The summed E-state index contributed by atoms with van der Waals surface area (Å²) in [5, 5.41) is 7.14. The first-order valence-electron chi connectivity index (χ1n) is 7.37. The number of pyridine rings is 1. The van der Waals surface area contributed by atoms with Gasteiger partial charge in [-0.1, -0.05) is 18.2 Å². The van der Waals surface area contributed by atoms with Crippen LogP contribution in [0.2, 0.25) is 0 Å². The number of nitrogens with zero attached hydrogens (tertiary/aromatic N) is 4. The summed E-state index contributed by atoms with van der Waals surface area (Å²) in [5.41, 5.74) is 2.32. The summed E-state index contributed by atoms with van der Waals surface area (Å²) < 4.78 is 8.20. The van der Waals surface area contributed by atoms with Crippen LogP contribution in [0.5, 0.6) is 5.75 Å². The maximum atomic E-state index is 12.3. The Balaban J connectivity index is 1.65. The highest BCUT2D eigenvalue weighted by Crippen LogP contribution is 2.25. The van der Waals surface area contributed by atoms with E-state index in [0.717, 1.165) is 22.0 Å². The van der Waals surface area contributed by atoms with Gasteiger partial charge < -0.3 is 4.74 Å². The molecule has 3 heterocycles. The molecule has 0 N–H and O–H groups in total. The molecule has 0 amide bonds. The number of thiazole rings is 1. The Labute approximate surface area is 141 Å². The van der Waals surface area contributed by atoms with Crippen molar-refractivity contribution in [3.63, 3.8) is 0 Å². The average Bonchev–Trinajstić information content (AvgIpc) is 3.21. The lowest BCUT2D eigenvalue weighted by molar-refractivity contribution is 0.415. The van der Waals surface area contributed by atoms with Crippen molar-refractivity contribution in [1.82, 2.24) is 19.2 Å². The van der Waals surface area contributed by atoms with Crippen molar-refractivity contribution in [2.45, 2.75) is 6.54 Å². The van der Waals surface area contributed by atoms with E-state index in [1.54, 1.807) is 19.4 Å². The highest BCUT2D eigenvalue weighted by Gasteiger charge is 2.10. The van der Waals surface area contributed by atoms with Gasteiger partial charge in [-0.15, -0.1) is 16.4 Å². The molecule has 120 valence electrons.